The first kappa shape index (κ1) is 17.7. The van der Waals surface area contributed by atoms with E-state index in [9.17, 15) is 0 Å². The van der Waals surface area contributed by atoms with E-state index in [-0.39, 0.29) is 5.41 Å². The molecule has 0 fully saturated rings. The summed E-state index contributed by atoms with van der Waals surface area (Å²) in [7, 11) is 0. The van der Waals surface area contributed by atoms with Gasteiger partial charge in [-0.15, -0.1) is 0 Å². The molecule has 0 aliphatic heterocycles. The second-order valence-corrected chi connectivity index (χ2v) is 9.32. The Kier molecular flexibility index (Phi) is 3.37. The largest absolute Gasteiger partial charge is 0.309 e. The topological polar surface area (TPSA) is 17.8 Å². The molecule has 0 saturated carbocycles. The van der Waals surface area contributed by atoms with E-state index >= 15 is 0 Å². The van der Waals surface area contributed by atoms with E-state index < -0.39 is 0 Å². The van der Waals surface area contributed by atoms with Gasteiger partial charge in [-0.3, -0.25) is 4.98 Å². The number of nitrogens with zero attached hydrogens (tertiary/aromatic N) is 2. The quantitative estimate of drug-likeness (QED) is 0.272. The van der Waals surface area contributed by atoms with Crippen LogP contribution in [0.25, 0.3) is 49.5 Å². The Morgan fingerprint density at radius 1 is 0.656 bits per heavy atom. The van der Waals surface area contributed by atoms with E-state index in [0.29, 0.717) is 0 Å². The summed E-state index contributed by atoms with van der Waals surface area (Å²) in [5.74, 6) is 0. The van der Waals surface area contributed by atoms with Crippen molar-refractivity contribution in [2.45, 2.75) is 19.3 Å². The predicted octanol–water partition coefficient (Wildman–Crippen LogP) is 7.64. The molecule has 0 saturated heterocycles. The minimum atomic E-state index is -0.00204. The normalized spacial score (nSPS) is 14.2. The number of rotatable bonds is 1. The van der Waals surface area contributed by atoms with Crippen LogP contribution in [0.3, 0.4) is 0 Å². The van der Waals surface area contributed by atoms with E-state index in [1.807, 2.05) is 12.3 Å². The van der Waals surface area contributed by atoms with Gasteiger partial charge in [-0.1, -0.05) is 62.4 Å². The molecular formula is C30H22N2. The standard InChI is InChI=1S/C30H22N2/c1-30(2)25-11-5-3-9-21(25)23-18-29-24(17-26(23)30)22-10-4-6-12-28(22)32(29)20-13-14-27-19(16-20)8-7-15-31-27/h3-18H,1-2H3. The molecule has 7 rings (SSSR count). The molecule has 0 atom stereocenters. The lowest BCUT2D eigenvalue weighted by molar-refractivity contribution is 0.661. The number of fused-ring (bicyclic) bond motifs is 7. The molecule has 0 amide bonds. The van der Waals surface area contributed by atoms with Gasteiger partial charge >= 0.3 is 0 Å². The van der Waals surface area contributed by atoms with E-state index in [4.69, 9.17) is 0 Å². The van der Waals surface area contributed by atoms with E-state index in [1.165, 1.54) is 49.7 Å². The average Bonchev–Trinajstić information content (AvgIpc) is 3.27. The van der Waals surface area contributed by atoms with Gasteiger partial charge < -0.3 is 4.57 Å². The van der Waals surface area contributed by atoms with E-state index in [1.54, 1.807) is 0 Å². The Balaban J connectivity index is 1.62. The van der Waals surface area contributed by atoms with Gasteiger partial charge in [-0.2, -0.15) is 0 Å². The summed E-state index contributed by atoms with van der Waals surface area (Å²) in [5, 5.41) is 3.76. The highest BCUT2D eigenvalue weighted by atomic mass is 15.0. The van der Waals surface area contributed by atoms with Crippen molar-refractivity contribution in [2.24, 2.45) is 0 Å². The van der Waals surface area contributed by atoms with Gasteiger partial charge in [-0.25, -0.2) is 0 Å². The zero-order chi connectivity index (χ0) is 21.4. The van der Waals surface area contributed by atoms with Crippen LogP contribution >= 0.6 is 0 Å². The van der Waals surface area contributed by atoms with Crippen molar-refractivity contribution >= 4 is 32.7 Å². The molecule has 0 unspecified atom stereocenters. The predicted molar refractivity (Wildman–Crippen MR) is 134 cm³/mol. The number of hydrogen-bond acceptors (Lipinski definition) is 1. The highest BCUT2D eigenvalue weighted by Gasteiger charge is 2.36. The van der Waals surface area contributed by atoms with Gasteiger partial charge in [0.25, 0.3) is 0 Å². The van der Waals surface area contributed by atoms with Crippen LogP contribution in [0.2, 0.25) is 0 Å². The van der Waals surface area contributed by atoms with Crippen LogP contribution in [0.4, 0.5) is 0 Å². The molecule has 0 spiro atoms. The SMILES string of the molecule is CC1(C)c2ccccc2-c2cc3c(cc21)c1ccccc1n3-c1ccc2ncccc2c1. The third-order valence-corrected chi connectivity index (χ3v) is 7.22. The Hall–Kier alpha value is -3.91. The fourth-order valence-electron chi connectivity index (χ4n) is 5.64. The van der Waals surface area contributed by atoms with Crippen molar-refractivity contribution in [1.82, 2.24) is 9.55 Å². The summed E-state index contributed by atoms with van der Waals surface area (Å²) in [5.41, 5.74) is 10.2. The Bertz CT molecular complexity index is 1700. The summed E-state index contributed by atoms with van der Waals surface area (Å²) in [6.45, 7) is 4.69. The highest BCUT2D eigenvalue weighted by Crippen LogP contribution is 2.50. The molecule has 2 heteroatoms. The second kappa shape index (κ2) is 6.08. The Morgan fingerprint density at radius 2 is 1.50 bits per heavy atom. The number of benzene rings is 4. The van der Waals surface area contributed by atoms with Crippen LogP contribution in [-0.4, -0.2) is 9.55 Å². The number of pyridine rings is 1. The van der Waals surface area contributed by atoms with Crippen molar-refractivity contribution in [1.29, 1.82) is 0 Å². The molecule has 6 aromatic rings. The lowest BCUT2D eigenvalue weighted by atomic mass is 9.82. The highest BCUT2D eigenvalue weighted by molar-refractivity contribution is 6.11. The fraction of sp³-hybridized carbons (Fsp3) is 0.100. The Labute approximate surface area is 186 Å². The van der Waals surface area contributed by atoms with Crippen LogP contribution in [0, 0.1) is 0 Å². The summed E-state index contributed by atoms with van der Waals surface area (Å²) in [4.78, 5) is 4.51. The van der Waals surface area contributed by atoms with Crippen LogP contribution in [-0.2, 0) is 5.41 Å². The third kappa shape index (κ3) is 2.22. The number of aromatic nitrogens is 2. The molecule has 0 bridgehead atoms. The van der Waals surface area contributed by atoms with Crippen molar-refractivity contribution < 1.29 is 0 Å². The minimum Gasteiger partial charge on any atom is -0.309 e. The fourth-order valence-corrected chi connectivity index (χ4v) is 5.64. The summed E-state index contributed by atoms with van der Waals surface area (Å²) < 4.78 is 2.41. The van der Waals surface area contributed by atoms with E-state index in [0.717, 1.165) is 10.9 Å². The molecule has 4 aromatic carbocycles. The summed E-state index contributed by atoms with van der Waals surface area (Å²) >= 11 is 0. The maximum atomic E-state index is 4.51. The molecular weight excluding hydrogens is 388 g/mol. The monoisotopic (exact) mass is 410 g/mol. The molecule has 2 nitrogen and oxygen atoms in total. The van der Waals surface area contributed by atoms with Crippen molar-refractivity contribution in [3.8, 4) is 16.8 Å². The van der Waals surface area contributed by atoms with Crippen LogP contribution in [0.1, 0.15) is 25.0 Å². The zero-order valence-electron chi connectivity index (χ0n) is 18.1. The van der Waals surface area contributed by atoms with Gasteiger partial charge in [-0.05, 0) is 64.7 Å². The average molecular weight is 411 g/mol. The number of hydrogen-bond donors (Lipinski definition) is 0. The van der Waals surface area contributed by atoms with Crippen molar-refractivity contribution in [3.05, 3.63) is 108 Å². The lowest BCUT2D eigenvalue weighted by Crippen LogP contribution is -2.14. The summed E-state index contributed by atoms with van der Waals surface area (Å²) in [6, 6.07) is 33.2. The molecule has 0 radical (unpaired) electrons. The minimum absolute atomic E-state index is 0.00204. The first-order valence-electron chi connectivity index (χ1n) is 11.2. The van der Waals surface area contributed by atoms with Gasteiger partial charge in [0.15, 0.2) is 0 Å². The zero-order valence-corrected chi connectivity index (χ0v) is 18.1. The molecule has 1 aliphatic rings. The van der Waals surface area contributed by atoms with Gasteiger partial charge in [0.2, 0.25) is 0 Å². The molecule has 2 heterocycles. The van der Waals surface area contributed by atoms with Gasteiger partial charge in [0, 0.05) is 33.5 Å². The molecule has 2 aromatic heterocycles. The summed E-state index contributed by atoms with van der Waals surface area (Å²) in [6.07, 6.45) is 1.85. The molecule has 0 N–H and O–H groups in total. The van der Waals surface area contributed by atoms with Gasteiger partial charge in [0.1, 0.15) is 0 Å². The molecule has 152 valence electrons. The smallest absolute Gasteiger partial charge is 0.0703 e. The maximum absolute atomic E-state index is 4.51. The molecule has 32 heavy (non-hydrogen) atoms. The first-order valence-corrected chi connectivity index (χ1v) is 11.2. The number of para-hydroxylation sites is 1. The lowest BCUT2D eigenvalue weighted by Gasteiger charge is -2.21. The molecule has 1 aliphatic carbocycles. The van der Waals surface area contributed by atoms with Crippen molar-refractivity contribution in [2.75, 3.05) is 0 Å². The van der Waals surface area contributed by atoms with Crippen LogP contribution in [0.5, 0.6) is 0 Å². The third-order valence-electron chi connectivity index (χ3n) is 7.22. The van der Waals surface area contributed by atoms with Crippen LogP contribution in [0.15, 0.2) is 97.2 Å². The maximum Gasteiger partial charge on any atom is 0.0703 e. The van der Waals surface area contributed by atoms with Gasteiger partial charge in [0.05, 0.1) is 16.6 Å². The van der Waals surface area contributed by atoms with E-state index in [2.05, 4.69) is 108 Å². The second-order valence-electron chi connectivity index (χ2n) is 9.32. The Morgan fingerprint density at radius 3 is 2.44 bits per heavy atom. The van der Waals surface area contributed by atoms with Crippen LogP contribution < -0.4 is 0 Å². The van der Waals surface area contributed by atoms with Crippen molar-refractivity contribution in [3.63, 3.8) is 0 Å². The first-order chi connectivity index (χ1) is 15.6.